The van der Waals surface area contributed by atoms with Crippen LogP contribution in [0.15, 0.2) is 41.8 Å². The Labute approximate surface area is 123 Å². The van der Waals surface area contributed by atoms with E-state index < -0.39 is 0 Å². The lowest BCUT2D eigenvalue weighted by Crippen LogP contribution is -2.40. The van der Waals surface area contributed by atoms with Crippen LogP contribution in [0.2, 0.25) is 0 Å². The van der Waals surface area contributed by atoms with Crippen LogP contribution in [0.25, 0.3) is 0 Å². The first-order valence-electron chi connectivity index (χ1n) is 6.96. The van der Waals surface area contributed by atoms with Crippen molar-refractivity contribution in [1.29, 1.82) is 0 Å². The van der Waals surface area contributed by atoms with Gasteiger partial charge in [0.2, 0.25) is 5.91 Å². The van der Waals surface area contributed by atoms with E-state index in [0.717, 1.165) is 18.5 Å². The lowest BCUT2D eigenvalue weighted by molar-refractivity contribution is -0.122. The number of nitrogens with one attached hydrogen (secondary N) is 2. The van der Waals surface area contributed by atoms with Crippen molar-refractivity contribution in [3.8, 4) is 0 Å². The summed E-state index contributed by atoms with van der Waals surface area (Å²) in [5.74, 6) is 0.0847. The van der Waals surface area contributed by atoms with E-state index in [4.69, 9.17) is 0 Å². The lowest BCUT2D eigenvalue weighted by atomic mass is 10.1. The third-order valence-corrected chi connectivity index (χ3v) is 4.68. The molecule has 2 N–H and O–H groups in total. The highest BCUT2D eigenvalue weighted by molar-refractivity contribution is 7.10. The number of carbonyl (C=O) groups is 1. The number of fused-ring (bicyclic) bond motifs is 1. The van der Waals surface area contributed by atoms with Crippen molar-refractivity contribution >= 4 is 22.9 Å². The van der Waals surface area contributed by atoms with Crippen LogP contribution in [0, 0.1) is 0 Å². The predicted octanol–water partition coefficient (Wildman–Crippen LogP) is 3.35. The number of carbonyl (C=O) groups excluding carboxylic acids is 1. The average Bonchev–Trinajstić information content (AvgIpc) is 3.13. The molecule has 3 nitrogen and oxygen atoms in total. The number of anilines is 1. The van der Waals surface area contributed by atoms with Gasteiger partial charge in [-0.25, -0.2) is 0 Å². The first-order chi connectivity index (χ1) is 9.78. The zero-order chi connectivity index (χ0) is 13.9. The van der Waals surface area contributed by atoms with Crippen molar-refractivity contribution in [3.05, 3.63) is 52.2 Å². The Morgan fingerprint density at radius 2 is 2.25 bits per heavy atom. The molecule has 1 aliphatic heterocycles. The van der Waals surface area contributed by atoms with Gasteiger partial charge in [0.05, 0.1) is 6.04 Å². The van der Waals surface area contributed by atoms with Gasteiger partial charge in [-0.1, -0.05) is 31.2 Å². The molecular weight excluding hydrogens is 268 g/mol. The van der Waals surface area contributed by atoms with Gasteiger partial charge in [-0.2, -0.15) is 0 Å². The van der Waals surface area contributed by atoms with Crippen molar-refractivity contribution in [2.24, 2.45) is 0 Å². The van der Waals surface area contributed by atoms with Crippen LogP contribution in [-0.4, -0.2) is 11.9 Å². The Hall–Kier alpha value is -1.81. The van der Waals surface area contributed by atoms with Gasteiger partial charge < -0.3 is 10.6 Å². The largest absolute Gasteiger partial charge is 0.373 e. The topological polar surface area (TPSA) is 41.1 Å². The van der Waals surface area contributed by atoms with Gasteiger partial charge >= 0.3 is 0 Å². The molecule has 3 rings (SSSR count). The van der Waals surface area contributed by atoms with E-state index >= 15 is 0 Å². The molecule has 0 saturated heterocycles. The maximum atomic E-state index is 12.4. The van der Waals surface area contributed by atoms with E-state index in [1.807, 2.05) is 29.6 Å². The molecule has 1 aliphatic rings. The monoisotopic (exact) mass is 286 g/mol. The minimum absolute atomic E-state index is 0.0847. The maximum absolute atomic E-state index is 12.4. The molecule has 104 valence electrons. The number of amides is 1. The predicted molar refractivity (Wildman–Crippen MR) is 83.1 cm³/mol. The van der Waals surface area contributed by atoms with Crippen LogP contribution in [0.4, 0.5) is 5.69 Å². The zero-order valence-corrected chi connectivity index (χ0v) is 12.2. The number of rotatable bonds is 4. The molecular formula is C16H18N2OS. The van der Waals surface area contributed by atoms with Gasteiger partial charge in [0.25, 0.3) is 0 Å². The van der Waals surface area contributed by atoms with Crippen LogP contribution in [0.5, 0.6) is 0 Å². The third-order valence-electron chi connectivity index (χ3n) is 3.70. The van der Waals surface area contributed by atoms with Crippen LogP contribution in [0.3, 0.4) is 0 Å². The first kappa shape index (κ1) is 13.2. The Kier molecular flexibility index (Phi) is 3.74. The van der Waals surface area contributed by atoms with Crippen molar-refractivity contribution in [1.82, 2.24) is 5.32 Å². The second-order valence-electron chi connectivity index (χ2n) is 5.04. The lowest BCUT2D eigenvalue weighted by Gasteiger charge is -2.19. The normalized spacial score (nSPS) is 18.1. The highest BCUT2D eigenvalue weighted by atomic mass is 32.1. The summed E-state index contributed by atoms with van der Waals surface area (Å²) in [6.07, 6.45) is 1.68. The minimum atomic E-state index is -0.151. The first-order valence-corrected chi connectivity index (χ1v) is 7.84. The SMILES string of the molecule is CCC(NC(=O)[C@@H]1Cc2ccccc2N1)c1cccs1. The highest BCUT2D eigenvalue weighted by Crippen LogP contribution is 2.26. The van der Waals surface area contributed by atoms with Gasteiger partial charge in [-0.3, -0.25) is 4.79 Å². The van der Waals surface area contributed by atoms with Crippen molar-refractivity contribution in [2.75, 3.05) is 5.32 Å². The van der Waals surface area contributed by atoms with E-state index in [0.29, 0.717) is 0 Å². The molecule has 0 saturated carbocycles. The summed E-state index contributed by atoms with van der Waals surface area (Å²) in [7, 11) is 0. The van der Waals surface area contributed by atoms with Crippen molar-refractivity contribution < 1.29 is 4.79 Å². The molecule has 2 heterocycles. The Morgan fingerprint density at radius 1 is 1.40 bits per heavy atom. The van der Waals surface area contributed by atoms with E-state index in [2.05, 4.69) is 29.7 Å². The molecule has 0 aliphatic carbocycles. The standard InChI is InChI=1S/C16H18N2OS/c1-2-12(15-8-5-9-20-15)18-16(19)14-10-11-6-3-4-7-13(11)17-14/h3-9,12,14,17H,2,10H2,1H3,(H,18,19)/t12?,14-/m0/s1. The van der Waals surface area contributed by atoms with Gasteiger partial charge in [-0.15, -0.1) is 11.3 Å². The molecule has 1 aromatic heterocycles. The summed E-state index contributed by atoms with van der Waals surface area (Å²) in [6, 6.07) is 12.2. The Morgan fingerprint density at radius 3 is 2.95 bits per heavy atom. The van der Waals surface area contributed by atoms with Crippen LogP contribution < -0.4 is 10.6 Å². The summed E-state index contributed by atoms with van der Waals surface area (Å²) in [6.45, 7) is 2.10. The zero-order valence-electron chi connectivity index (χ0n) is 11.4. The minimum Gasteiger partial charge on any atom is -0.373 e. The maximum Gasteiger partial charge on any atom is 0.243 e. The highest BCUT2D eigenvalue weighted by Gasteiger charge is 2.27. The molecule has 2 atom stereocenters. The van der Waals surface area contributed by atoms with Gasteiger partial charge in [-0.05, 0) is 29.5 Å². The molecule has 0 fully saturated rings. The molecule has 1 unspecified atom stereocenters. The summed E-state index contributed by atoms with van der Waals surface area (Å²) in [4.78, 5) is 13.6. The summed E-state index contributed by atoms with van der Waals surface area (Å²) in [5.41, 5.74) is 2.30. The molecule has 0 spiro atoms. The average molecular weight is 286 g/mol. The molecule has 0 radical (unpaired) electrons. The number of para-hydroxylation sites is 1. The number of thiophene rings is 1. The second kappa shape index (κ2) is 5.67. The summed E-state index contributed by atoms with van der Waals surface area (Å²) < 4.78 is 0. The molecule has 4 heteroatoms. The molecule has 20 heavy (non-hydrogen) atoms. The van der Waals surface area contributed by atoms with Crippen LogP contribution in [0.1, 0.15) is 29.8 Å². The van der Waals surface area contributed by atoms with Gasteiger partial charge in [0.15, 0.2) is 0 Å². The van der Waals surface area contributed by atoms with Crippen LogP contribution >= 0.6 is 11.3 Å². The third kappa shape index (κ3) is 2.56. The molecule has 1 amide bonds. The van der Waals surface area contributed by atoms with Crippen molar-refractivity contribution in [3.63, 3.8) is 0 Å². The quantitative estimate of drug-likeness (QED) is 0.905. The summed E-state index contributed by atoms with van der Waals surface area (Å²) >= 11 is 1.69. The van der Waals surface area contributed by atoms with Crippen LogP contribution in [-0.2, 0) is 11.2 Å². The van der Waals surface area contributed by atoms with E-state index in [1.165, 1.54) is 10.4 Å². The van der Waals surface area contributed by atoms with Gasteiger partial charge in [0.1, 0.15) is 6.04 Å². The fourth-order valence-electron chi connectivity index (χ4n) is 2.59. The smallest absolute Gasteiger partial charge is 0.243 e. The Bertz CT molecular complexity index is 569. The van der Waals surface area contributed by atoms with E-state index in [-0.39, 0.29) is 18.0 Å². The second-order valence-corrected chi connectivity index (χ2v) is 6.02. The fourth-order valence-corrected chi connectivity index (χ4v) is 3.45. The van der Waals surface area contributed by atoms with Gasteiger partial charge in [0, 0.05) is 17.0 Å². The number of hydrogen-bond acceptors (Lipinski definition) is 3. The fraction of sp³-hybridized carbons (Fsp3) is 0.312. The van der Waals surface area contributed by atoms with Crippen molar-refractivity contribution in [2.45, 2.75) is 31.8 Å². The summed E-state index contributed by atoms with van der Waals surface area (Å²) in [5, 5.41) is 8.50. The van der Waals surface area contributed by atoms with E-state index in [9.17, 15) is 4.79 Å². The molecule has 0 bridgehead atoms. The number of hydrogen-bond donors (Lipinski definition) is 2. The molecule has 1 aromatic carbocycles. The van der Waals surface area contributed by atoms with E-state index in [1.54, 1.807) is 11.3 Å². The number of benzene rings is 1. The molecule has 2 aromatic rings. The Balaban J connectivity index is 1.66.